The maximum Gasteiger partial charge on any atom is 0.279 e. The fourth-order valence-corrected chi connectivity index (χ4v) is 2.96. The predicted molar refractivity (Wildman–Crippen MR) is 65.4 cm³/mol. The van der Waals surface area contributed by atoms with Gasteiger partial charge in [0, 0.05) is 20.1 Å². The second-order valence-corrected chi connectivity index (χ2v) is 6.25. The number of hydrogen-bond acceptors (Lipinski definition) is 3. The lowest BCUT2D eigenvalue weighted by Crippen LogP contribution is -2.43. The van der Waals surface area contributed by atoms with Gasteiger partial charge < -0.3 is 5.32 Å². The topological polar surface area (TPSA) is 61.4 Å². The van der Waals surface area contributed by atoms with E-state index in [0.717, 1.165) is 32.4 Å². The summed E-state index contributed by atoms with van der Waals surface area (Å²) in [6.45, 7) is 5.05. The molecule has 0 spiro atoms. The van der Waals surface area contributed by atoms with Crippen molar-refractivity contribution in [2.75, 3.05) is 33.2 Å². The highest BCUT2D eigenvalue weighted by atomic mass is 32.2. The Hall–Kier alpha value is -0.170. The van der Waals surface area contributed by atoms with Gasteiger partial charge in [0.15, 0.2) is 0 Å². The van der Waals surface area contributed by atoms with Crippen molar-refractivity contribution in [3.63, 3.8) is 0 Å². The summed E-state index contributed by atoms with van der Waals surface area (Å²) in [5.74, 6) is 0.429. The van der Waals surface area contributed by atoms with Crippen LogP contribution in [0.4, 0.5) is 0 Å². The van der Waals surface area contributed by atoms with Gasteiger partial charge in [-0.15, -0.1) is 0 Å². The molecule has 0 aromatic heterocycles. The van der Waals surface area contributed by atoms with E-state index in [1.807, 2.05) is 6.92 Å². The van der Waals surface area contributed by atoms with Crippen molar-refractivity contribution in [3.05, 3.63) is 0 Å². The smallest absolute Gasteiger partial charge is 0.279 e. The molecule has 2 N–H and O–H groups in total. The van der Waals surface area contributed by atoms with E-state index in [0.29, 0.717) is 19.0 Å². The van der Waals surface area contributed by atoms with Gasteiger partial charge in [-0.3, -0.25) is 0 Å². The lowest BCUT2D eigenvalue weighted by atomic mass is 10.0. The van der Waals surface area contributed by atoms with Gasteiger partial charge in [-0.05, 0) is 38.3 Å². The molecule has 0 saturated carbocycles. The van der Waals surface area contributed by atoms with Crippen LogP contribution in [-0.2, 0) is 10.2 Å². The summed E-state index contributed by atoms with van der Waals surface area (Å²) in [5.41, 5.74) is 0. The van der Waals surface area contributed by atoms with Gasteiger partial charge in [0.1, 0.15) is 0 Å². The molecule has 5 nitrogen and oxygen atoms in total. The summed E-state index contributed by atoms with van der Waals surface area (Å²) in [6.07, 6.45) is 3.08. The van der Waals surface area contributed by atoms with Crippen molar-refractivity contribution in [3.8, 4) is 0 Å². The number of rotatable bonds is 6. The second-order valence-electron chi connectivity index (χ2n) is 4.39. The Labute approximate surface area is 98.8 Å². The third kappa shape index (κ3) is 4.37. The molecule has 0 aromatic rings. The molecule has 1 rings (SSSR count). The minimum Gasteiger partial charge on any atom is -0.316 e. The van der Waals surface area contributed by atoms with Gasteiger partial charge in [0.2, 0.25) is 0 Å². The summed E-state index contributed by atoms with van der Waals surface area (Å²) >= 11 is 0. The Morgan fingerprint density at radius 1 is 1.50 bits per heavy atom. The van der Waals surface area contributed by atoms with E-state index in [-0.39, 0.29) is 0 Å². The van der Waals surface area contributed by atoms with E-state index in [4.69, 9.17) is 0 Å². The average Bonchev–Trinajstić information content (AvgIpc) is 2.28. The van der Waals surface area contributed by atoms with Crippen LogP contribution in [0.25, 0.3) is 0 Å². The Balaban J connectivity index is 2.34. The van der Waals surface area contributed by atoms with Crippen LogP contribution < -0.4 is 10.0 Å². The molecule has 0 bridgehead atoms. The van der Waals surface area contributed by atoms with E-state index in [1.165, 1.54) is 4.31 Å². The van der Waals surface area contributed by atoms with Gasteiger partial charge in [0.05, 0.1) is 0 Å². The average molecular weight is 249 g/mol. The van der Waals surface area contributed by atoms with Crippen LogP contribution in [0.15, 0.2) is 0 Å². The first-order valence-electron chi connectivity index (χ1n) is 5.98. The third-order valence-electron chi connectivity index (χ3n) is 2.90. The number of piperidine rings is 1. The highest BCUT2D eigenvalue weighted by Crippen LogP contribution is 2.09. The molecule has 0 aromatic carbocycles. The molecule has 0 aliphatic carbocycles. The zero-order valence-electron chi connectivity index (χ0n) is 10.2. The molecule has 1 atom stereocenters. The Morgan fingerprint density at radius 3 is 2.81 bits per heavy atom. The van der Waals surface area contributed by atoms with Crippen LogP contribution in [0, 0.1) is 5.92 Å². The molecule has 1 aliphatic rings. The Morgan fingerprint density at radius 2 is 2.25 bits per heavy atom. The minimum absolute atomic E-state index is 0.429. The van der Waals surface area contributed by atoms with Crippen molar-refractivity contribution in [1.29, 1.82) is 0 Å². The molecule has 1 saturated heterocycles. The normalized spacial score (nSPS) is 22.6. The highest BCUT2D eigenvalue weighted by molar-refractivity contribution is 7.87. The lowest BCUT2D eigenvalue weighted by molar-refractivity contribution is 0.370. The molecule has 1 fully saturated rings. The van der Waals surface area contributed by atoms with E-state index >= 15 is 0 Å². The first-order valence-corrected chi connectivity index (χ1v) is 7.42. The molecule has 1 aliphatic heterocycles. The second kappa shape index (κ2) is 6.54. The van der Waals surface area contributed by atoms with Crippen molar-refractivity contribution >= 4 is 10.2 Å². The lowest BCUT2D eigenvalue weighted by Gasteiger charge is -2.24. The molecule has 16 heavy (non-hydrogen) atoms. The summed E-state index contributed by atoms with van der Waals surface area (Å²) < 4.78 is 27.6. The number of nitrogens with one attached hydrogen (secondary N) is 2. The summed E-state index contributed by atoms with van der Waals surface area (Å²) in [6, 6.07) is 0. The van der Waals surface area contributed by atoms with Crippen LogP contribution in [0.3, 0.4) is 0 Å². The van der Waals surface area contributed by atoms with E-state index in [1.54, 1.807) is 7.05 Å². The van der Waals surface area contributed by atoms with Crippen LogP contribution in [0.1, 0.15) is 26.2 Å². The van der Waals surface area contributed by atoms with Gasteiger partial charge in [-0.25, -0.2) is 4.72 Å². The minimum atomic E-state index is -3.27. The molecule has 0 amide bonds. The predicted octanol–water partition coefficient (Wildman–Crippen LogP) is 0.162. The van der Waals surface area contributed by atoms with Crippen LogP contribution in [-0.4, -0.2) is 45.9 Å². The maximum absolute atomic E-state index is 11.8. The van der Waals surface area contributed by atoms with Gasteiger partial charge in [-0.1, -0.05) is 6.92 Å². The van der Waals surface area contributed by atoms with E-state index in [9.17, 15) is 8.42 Å². The quantitative estimate of drug-likeness (QED) is 0.705. The Kier molecular flexibility index (Phi) is 5.68. The summed E-state index contributed by atoms with van der Waals surface area (Å²) in [4.78, 5) is 0. The summed E-state index contributed by atoms with van der Waals surface area (Å²) in [5, 5.41) is 3.28. The zero-order valence-corrected chi connectivity index (χ0v) is 11.0. The van der Waals surface area contributed by atoms with Gasteiger partial charge in [0.25, 0.3) is 10.2 Å². The standard InChI is InChI=1S/C10H23N3O2S/c1-3-7-13(2)16(14,15)12-9-10-5-4-6-11-8-10/h10-12H,3-9H2,1-2H3. The third-order valence-corrected chi connectivity index (χ3v) is 4.44. The molecule has 6 heteroatoms. The molecule has 1 heterocycles. The largest absolute Gasteiger partial charge is 0.316 e. The summed E-state index contributed by atoms with van der Waals surface area (Å²) in [7, 11) is -1.65. The van der Waals surface area contributed by atoms with Crippen molar-refractivity contribution in [2.45, 2.75) is 26.2 Å². The van der Waals surface area contributed by atoms with Gasteiger partial charge >= 0.3 is 0 Å². The first kappa shape index (κ1) is 13.9. The fraction of sp³-hybridized carbons (Fsp3) is 1.00. The first-order chi connectivity index (χ1) is 7.56. The number of hydrogen-bond donors (Lipinski definition) is 2. The maximum atomic E-state index is 11.8. The Bertz CT molecular complexity index is 286. The SMILES string of the molecule is CCCN(C)S(=O)(=O)NCC1CCCNC1. The van der Waals surface area contributed by atoms with Crippen LogP contribution in [0.2, 0.25) is 0 Å². The van der Waals surface area contributed by atoms with Crippen LogP contribution in [0.5, 0.6) is 0 Å². The molecule has 96 valence electrons. The van der Waals surface area contributed by atoms with E-state index in [2.05, 4.69) is 10.0 Å². The van der Waals surface area contributed by atoms with Crippen molar-refractivity contribution in [2.24, 2.45) is 5.92 Å². The zero-order chi connectivity index (χ0) is 12.0. The van der Waals surface area contributed by atoms with Crippen molar-refractivity contribution in [1.82, 2.24) is 14.3 Å². The monoisotopic (exact) mass is 249 g/mol. The molecule has 1 unspecified atom stereocenters. The van der Waals surface area contributed by atoms with Gasteiger partial charge in [-0.2, -0.15) is 12.7 Å². The molecule has 0 radical (unpaired) electrons. The number of nitrogens with zero attached hydrogens (tertiary/aromatic N) is 1. The fourth-order valence-electron chi connectivity index (χ4n) is 1.87. The molecular formula is C10H23N3O2S. The van der Waals surface area contributed by atoms with E-state index < -0.39 is 10.2 Å². The highest BCUT2D eigenvalue weighted by Gasteiger charge is 2.19. The van der Waals surface area contributed by atoms with Crippen LogP contribution >= 0.6 is 0 Å². The van der Waals surface area contributed by atoms with Crippen molar-refractivity contribution < 1.29 is 8.42 Å². The molecular weight excluding hydrogens is 226 g/mol.